The molecular weight excluding hydrogens is 392 g/mol. The lowest BCUT2D eigenvalue weighted by atomic mass is 10.0. The zero-order valence-corrected chi connectivity index (χ0v) is 17.2. The number of aromatic amines is 1. The Morgan fingerprint density at radius 3 is 2.50 bits per heavy atom. The van der Waals surface area contributed by atoms with E-state index in [4.69, 9.17) is 4.98 Å². The first kappa shape index (κ1) is 18.6. The highest BCUT2D eigenvalue weighted by molar-refractivity contribution is 7.18. The molecule has 0 spiro atoms. The second-order valence-corrected chi connectivity index (χ2v) is 8.17. The van der Waals surface area contributed by atoms with Gasteiger partial charge in [0.25, 0.3) is 0 Å². The predicted octanol–water partition coefficient (Wildman–Crippen LogP) is 4.92. The molecule has 0 fully saturated rings. The minimum atomic E-state index is -0.0653. The lowest BCUT2D eigenvalue weighted by molar-refractivity contribution is 0.515. The van der Waals surface area contributed by atoms with E-state index in [0.29, 0.717) is 5.82 Å². The van der Waals surface area contributed by atoms with E-state index in [-0.39, 0.29) is 12.1 Å². The van der Waals surface area contributed by atoms with Crippen LogP contribution in [-0.2, 0) is 0 Å². The quantitative estimate of drug-likeness (QED) is 0.414. The fourth-order valence-electron chi connectivity index (χ4n) is 3.55. The standard InChI is InChI=1S/C23H20N6S/c1-15(16-8-3-2-4-9-16)24-21(23-25-19-12-5-6-13-20(19)30-23)17-10-7-11-18(14-17)22-26-28-29-27-22/h2-15,21,24H,1H3,(H,26,27,28,29)/t15-,21?/m1/s1. The maximum Gasteiger partial charge on any atom is 0.204 e. The summed E-state index contributed by atoms with van der Waals surface area (Å²) in [7, 11) is 0. The number of hydrogen-bond donors (Lipinski definition) is 2. The van der Waals surface area contributed by atoms with Crippen LogP contribution in [0.4, 0.5) is 0 Å². The molecule has 2 atom stereocenters. The molecule has 2 N–H and O–H groups in total. The third kappa shape index (κ3) is 3.72. The van der Waals surface area contributed by atoms with Crippen LogP contribution in [0.3, 0.4) is 0 Å². The van der Waals surface area contributed by atoms with Crippen molar-refractivity contribution in [2.45, 2.75) is 19.0 Å². The van der Waals surface area contributed by atoms with Gasteiger partial charge in [-0.2, -0.15) is 5.21 Å². The lowest BCUT2D eigenvalue weighted by Gasteiger charge is -2.23. The molecule has 0 aliphatic heterocycles. The van der Waals surface area contributed by atoms with Gasteiger partial charge in [-0.15, -0.1) is 21.5 Å². The highest BCUT2D eigenvalue weighted by Crippen LogP contribution is 2.33. The summed E-state index contributed by atoms with van der Waals surface area (Å²) in [5.41, 5.74) is 4.28. The number of tetrazole rings is 1. The van der Waals surface area contributed by atoms with Crippen LogP contribution in [0.1, 0.15) is 35.1 Å². The number of nitrogens with zero attached hydrogens (tertiary/aromatic N) is 4. The molecule has 0 saturated carbocycles. The van der Waals surface area contributed by atoms with E-state index in [0.717, 1.165) is 21.7 Å². The Labute approximate surface area is 178 Å². The summed E-state index contributed by atoms with van der Waals surface area (Å²) in [6.07, 6.45) is 0. The Kier molecular flexibility index (Phi) is 5.04. The van der Waals surface area contributed by atoms with Gasteiger partial charge >= 0.3 is 0 Å². The monoisotopic (exact) mass is 412 g/mol. The zero-order valence-electron chi connectivity index (χ0n) is 16.4. The topological polar surface area (TPSA) is 79.4 Å². The molecule has 0 amide bonds. The van der Waals surface area contributed by atoms with Gasteiger partial charge in [-0.25, -0.2) is 4.98 Å². The highest BCUT2D eigenvalue weighted by atomic mass is 32.1. The molecule has 0 aliphatic carbocycles. The van der Waals surface area contributed by atoms with E-state index in [1.54, 1.807) is 11.3 Å². The summed E-state index contributed by atoms with van der Waals surface area (Å²) in [4.78, 5) is 4.93. The first-order valence-corrected chi connectivity index (χ1v) is 10.6. The molecule has 0 bridgehead atoms. The molecule has 0 aliphatic rings. The molecule has 3 aromatic carbocycles. The average Bonchev–Trinajstić information content (AvgIpc) is 3.48. The van der Waals surface area contributed by atoms with Gasteiger partial charge in [0.05, 0.1) is 16.3 Å². The van der Waals surface area contributed by atoms with E-state index in [1.807, 2.05) is 24.3 Å². The van der Waals surface area contributed by atoms with Crippen LogP contribution in [0.25, 0.3) is 21.6 Å². The van der Waals surface area contributed by atoms with Crippen molar-refractivity contribution >= 4 is 21.6 Å². The van der Waals surface area contributed by atoms with E-state index < -0.39 is 0 Å². The number of para-hydroxylation sites is 1. The summed E-state index contributed by atoms with van der Waals surface area (Å²) in [6, 6.07) is 27.0. The first-order chi connectivity index (χ1) is 14.8. The van der Waals surface area contributed by atoms with Crippen LogP contribution >= 0.6 is 11.3 Å². The third-order valence-electron chi connectivity index (χ3n) is 5.10. The second kappa shape index (κ2) is 8.14. The Morgan fingerprint density at radius 2 is 1.70 bits per heavy atom. The molecule has 2 heterocycles. The number of benzene rings is 3. The highest BCUT2D eigenvalue weighted by Gasteiger charge is 2.22. The van der Waals surface area contributed by atoms with Crippen molar-refractivity contribution in [1.82, 2.24) is 30.9 Å². The van der Waals surface area contributed by atoms with Gasteiger partial charge in [0.1, 0.15) is 5.01 Å². The van der Waals surface area contributed by atoms with Crippen LogP contribution < -0.4 is 5.32 Å². The molecule has 2 aromatic heterocycles. The third-order valence-corrected chi connectivity index (χ3v) is 6.20. The first-order valence-electron chi connectivity index (χ1n) is 9.78. The molecule has 7 heteroatoms. The Morgan fingerprint density at radius 1 is 0.900 bits per heavy atom. The van der Waals surface area contributed by atoms with Gasteiger partial charge in [0.15, 0.2) is 0 Å². The van der Waals surface area contributed by atoms with Crippen molar-refractivity contribution in [1.29, 1.82) is 0 Å². The molecule has 30 heavy (non-hydrogen) atoms. The molecular formula is C23H20N6S. The number of thiazole rings is 1. The maximum atomic E-state index is 4.93. The summed E-state index contributed by atoms with van der Waals surface area (Å²) >= 11 is 1.72. The van der Waals surface area contributed by atoms with Crippen molar-refractivity contribution in [3.05, 3.63) is 95.0 Å². The van der Waals surface area contributed by atoms with Gasteiger partial charge in [0.2, 0.25) is 5.82 Å². The van der Waals surface area contributed by atoms with Crippen molar-refractivity contribution in [2.75, 3.05) is 0 Å². The van der Waals surface area contributed by atoms with Crippen LogP contribution in [0, 0.1) is 0 Å². The summed E-state index contributed by atoms with van der Waals surface area (Å²) in [5.74, 6) is 0.580. The molecule has 1 unspecified atom stereocenters. The van der Waals surface area contributed by atoms with Crippen LogP contribution in [0.2, 0.25) is 0 Å². The minimum Gasteiger partial charge on any atom is -0.298 e. The maximum absolute atomic E-state index is 4.93. The van der Waals surface area contributed by atoms with Crippen LogP contribution in [0.5, 0.6) is 0 Å². The Balaban J connectivity index is 1.56. The van der Waals surface area contributed by atoms with Crippen molar-refractivity contribution in [2.24, 2.45) is 0 Å². The normalized spacial score (nSPS) is 13.4. The van der Waals surface area contributed by atoms with Gasteiger partial charge < -0.3 is 0 Å². The number of rotatable bonds is 6. The van der Waals surface area contributed by atoms with E-state index in [9.17, 15) is 0 Å². The number of hydrogen-bond acceptors (Lipinski definition) is 6. The predicted molar refractivity (Wildman–Crippen MR) is 119 cm³/mol. The molecule has 5 aromatic rings. The van der Waals surface area contributed by atoms with Crippen molar-refractivity contribution in [3.63, 3.8) is 0 Å². The fourth-order valence-corrected chi connectivity index (χ4v) is 4.61. The Hall–Kier alpha value is -3.42. The van der Waals surface area contributed by atoms with E-state index in [1.165, 1.54) is 10.3 Å². The van der Waals surface area contributed by atoms with Gasteiger partial charge in [-0.05, 0) is 41.5 Å². The van der Waals surface area contributed by atoms with Gasteiger partial charge in [-0.1, -0.05) is 60.7 Å². The molecule has 5 rings (SSSR count). The lowest BCUT2D eigenvalue weighted by Crippen LogP contribution is -2.25. The molecule has 0 saturated heterocycles. The number of fused-ring (bicyclic) bond motifs is 1. The molecule has 0 radical (unpaired) electrons. The number of nitrogens with one attached hydrogen (secondary N) is 2. The van der Waals surface area contributed by atoms with Crippen molar-refractivity contribution < 1.29 is 0 Å². The van der Waals surface area contributed by atoms with Gasteiger partial charge in [0, 0.05) is 11.6 Å². The van der Waals surface area contributed by atoms with Crippen LogP contribution in [-0.4, -0.2) is 25.6 Å². The van der Waals surface area contributed by atoms with Gasteiger partial charge in [-0.3, -0.25) is 5.32 Å². The number of H-pyrrole nitrogens is 1. The van der Waals surface area contributed by atoms with Crippen molar-refractivity contribution in [3.8, 4) is 11.4 Å². The smallest absolute Gasteiger partial charge is 0.204 e. The van der Waals surface area contributed by atoms with Crippen LogP contribution in [0.15, 0.2) is 78.9 Å². The Bertz CT molecular complexity index is 1220. The largest absolute Gasteiger partial charge is 0.298 e. The SMILES string of the molecule is C[C@@H](NC(c1cccc(-c2nn[nH]n2)c1)c1nc2ccccc2s1)c1ccccc1. The number of aromatic nitrogens is 5. The summed E-state index contributed by atoms with van der Waals surface area (Å²) in [5, 5.41) is 19.3. The van der Waals surface area contributed by atoms with E-state index >= 15 is 0 Å². The molecule has 6 nitrogen and oxygen atoms in total. The average molecular weight is 413 g/mol. The van der Waals surface area contributed by atoms with E-state index in [2.05, 4.69) is 87.5 Å². The molecule has 148 valence electrons. The second-order valence-electron chi connectivity index (χ2n) is 7.11. The minimum absolute atomic E-state index is 0.0653. The summed E-state index contributed by atoms with van der Waals surface area (Å²) in [6.45, 7) is 2.18. The fraction of sp³-hybridized carbons (Fsp3) is 0.130. The summed E-state index contributed by atoms with van der Waals surface area (Å²) < 4.78 is 1.18. The zero-order chi connectivity index (χ0) is 20.3.